The van der Waals surface area contributed by atoms with Crippen molar-refractivity contribution in [2.75, 3.05) is 0 Å². The summed E-state index contributed by atoms with van der Waals surface area (Å²) >= 11 is 0. The summed E-state index contributed by atoms with van der Waals surface area (Å²) in [6, 6.07) is 10.1. The minimum atomic E-state index is -4.23. The summed E-state index contributed by atoms with van der Waals surface area (Å²) in [7, 11) is -4.23. The number of carbonyl (C=O) groups is 1. The fraction of sp³-hybridized carbons (Fsp3) is 0.188. The molecule has 0 aromatic heterocycles. The van der Waals surface area contributed by atoms with Crippen LogP contribution in [0.25, 0.3) is 0 Å². The number of benzene rings is 2. The second-order valence-electron chi connectivity index (χ2n) is 5.44. The molecular weight excluding hydrogens is 348 g/mol. The summed E-state index contributed by atoms with van der Waals surface area (Å²) in [4.78, 5) is 21.6. The summed E-state index contributed by atoms with van der Waals surface area (Å²) in [6.07, 6.45) is 0. The lowest BCUT2D eigenvalue weighted by Crippen LogP contribution is -2.29. The number of rotatable bonds is 6. The predicted octanol–water partition coefficient (Wildman–Crippen LogP) is 2.50. The summed E-state index contributed by atoms with van der Waals surface area (Å²) < 4.78 is 29.4. The molecule has 9 heteroatoms. The average Bonchev–Trinajstić information content (AvgIpc) is 2.54. The van der Waals surface area contributed by atoms with Crippen molar-refractivity contribution in [3.05, 3.63) is 64.2 Å². The van der Waals surface area contributed by atoms with Crippen molar-refractivity contribution in [2.45, 2.75) is 24.8 Å². The molecular formula is C16H16N2O6S. The van der Waals surface area contributed by atoms with Crippen LogP contribution in [0.3, 0.4) is 0 Å². The van der Waals surface area contributed by atoms with Crippen LogP contribution in [0.4, 0.5) is 5.69 Å². The van der Waals surface area contributed by atoms with E-state index in [1.54, 1.807) is 0 Å². The van der Waals surface area contributed by atoms with Crippen molar-refractivity contribution < 1.29 is 22.3 Å². The highest BCUT2D eigenvalue weighted by Crippen LogP contribution is 2.22. The normalized spacial score (nSPS) is 11.2. The quantitative estimate of drug-likeness (QED) is 0.478. The highest BCUT2D eigenvalue weighted by molar-refractivity contribution is 7.87. The number of hydrogen-bond acceptors (Lipinski definition) is 6. The molecule has 0 aliphatic rings. The number of hydrogen-bond donors (Lipinski definition) is 1. The minimum Gasteiger partial charge on any atom is -0.379 e. The van der Waals surface area contributed by atoms with E-state index in [1.807, 2.05) is 13.8 Å². The van der Waals surface area contributed by atoms with E-state index in [0.717, 1.165) is 6.07 Å². The Kier molecular flexibility index (Phi) is 5.38. The summed E-state index contributed by atoms with van der Waals surface area (Å²) in [6.45, 7) is 3.64. The Morgan fingerprint density at radius 2 is 1.80 bits per heavy atom. The van der Waals surface area contributed by atoms with Gasteiger partial charge in [0.1, 0.15) is 10.6 Å². The van der Waals surface area contributed by atoms with Crippen molar-refractivity contribution in [1.29, 1.82) is 0 Å². The van der Waals surface area contributed by atoms with Gasteiger partial charge in [-0.3, -0.25) is 14.9 Å². The molecule has 132 valence electrons. The van der Waals surface area contributed by atoms with E-state index in [-0.39, 0.29) is 28.3 Å². The zero-order chi connectivity index (χ0) is 18.6. The highest BCUT2D eigenvalue weighted by atomic mass is 32.2. The molecule has 0 spiro atoms. The Labute approximate surface area is 144 Å². The number of nitrogens with one attached hydrogen (secondary N) is 1. The van der Waals surface area contributed by atoms with Gasteiger partial charge in [0, 0.05) is 23.7 Å². The number of nitro benzene ring substituents is 1. The summed E-state index contributed by atoms with van der Waals surface area (Å²) in [5, 5.41) is 13.5. The smallest absolute Gasteiger partial charge is 0.339 e. The zero-order valence-electron chi connectivity index (χ0n) is 13.5. The van der Waals surface area contributed by atoms with E-state index in [2.05, 4.69) is 5.32 Å². The maximum atomic E-state index is 12.2. The van der Waals surface area contributed by atoms with E-state index < -0.39 is 15.0 Å². The van der Waals surface area contributed by atoms with Crippen LogP contribution in [0.5, 0.6) is 5.75 Å². The topological polar surface area (TPSA) is 116 Å². The molecule has 0 bridgehead atoms. The molecule has 2 rings (SSSR count). The van der Waals surface area contributed by atoms with E-state index in [0.29, 0.717) is 5.56 Å². The Bertz CT molecular complexity index is 891. The maximum absolute atomic E-state index is 12.2. The van der Waals surface area contributed by atoms with Gasteiger partial charge in [-0.05, 0) is 44.2 Å². The van der Waals surface area contributed by atoms with Crippen molar-refractivity contribution in [3.8, 4) is 5.75 Å². The lowest BCUT2D eigenvalue weighted by Gasteiger charge is -2.10. The van der Waals surface area contributed by atoms with E-state index in [1.165, 1.54) is 42.5 Å². The molecule has 0 radical (unpaired) electrons. The predicted molar refractivity (Wildman–Crippen MR) is 90.0 cm³/mol. The molecule has 0 saturated heterocycles. The van der Waals surface area contributed by atoms with Crippen LogP contribution in [0.15, 0.2) is 53.4 Å². The van der Waals surface area contributed by atoms with Gasteiger partial charge >= 0.3 is 10.1 Å². The average molecular weight is 364 g/mol. The van der Waals surface area contributed by atoms with Gasteiger partial charge in [0.25, 0.3) is 11.6 Å². The molecule has 0 heterocycles. The third kappa shape index (κ3) is 4.77. The van der Waals surface area contributed by atoms with E-state index >= 15 is 0 Å². The molecule has 1 N–H and O–H groups in total. The lowest BCUT2D eigenvalue weighted by atomic mass is 10.2. The van der Waals surface area contributed by atoms with Gasteiger partial charge in [0.2, 0.25) is 0 Å². The maximum Gasteiger partial charge on any atom is 0.339 e. The molecule has 2 aromatic rings. The van der Waals surface area contributed by atoms with Crippen molar-refractivity contribution >= 4 is 21.7 Å². The largest absolute Gasteiger partial charge is 0.379 e. The molecule has 1 amide bonds. The SMILES string of the molecule is CC(C)NC(=O)c1ccc(OS(=O)(=O)c2cccc([N+](=O)[O-])c2)cc1. The molecule has 8 nitrogen and oxygen atoms in total. The van der Waals surface area contributed by atoms with Gasteiger partial charge in [-0.1, -0.05) is 6.07 Å². The molecule has 0 aliphatic heterocycles. The molecule has 0 saturated carbocycles. The van der Waals surface area contributed by atoms with Crippen LogP contribution in [-0.2, 0) is 10.1 Å². The zero-order valence-corrected chi connectivity index (χ0v) is 14.3. The first-order valence-corrected chi connectivity index (χ1v) is 8.70. The first-order chi connectivity index (χ1) is 11.7. The monoisotopic (exact) mass is 364 g/mol. The molecule has 25 heavy (non-hydrogen) atoms. The fourth-order valence-electron chi connectivity index (χ4n) is 1.93. The van der Waals surface area contributed by atoms with Crippen LogP contribution < -0.4 is 9.50 Å². The van der Waals surface area contributed by atoms with Gasteiger partial charge in [-0.15, -0.1) is 0 Å². The van der Waals surface area contributed by atoms with Crippen molar-refractivity contribution in [1.82, 2.24) is 5.32 Å². The second kappa shape index (κ2) is 7.31. The van der Waals surface area contributed by atoms with Crippen LogP contribution in [0, 0.1) is 10.1 Å². The van der Waals surface area contributed by atoms with Gasteiger partial charge in [0.05, 0.1) is 4.92 Å². The summed E-state index contributed by atoms with van der Waals surface area (Å²) in [5.41, 5.74) is -0.000763. The first-order valence-electron chi connectivity index (χ1n) is 7.29. The molecule has 0 aliphatic carbocycles. The third-order valence-corrected chi connectivity index (χ3v) is 4.30. The van der Waals surface area contributed by atoms with E-state index in [9.17, 15) is 23.3 Å². The van der Waals surface area contributed by atoms with Crippen LogP contribution in [-0.4, -0.2) is 25.3 Å². The number of non-ortho nitro benzene ring substituents is 1. The Morgan fingerprint density at radius 1 is 1.16 bits per heavy atom. The number of amides is 1. The van der Waals surface area contributed by atoms with Crippen LogP contribution >= 0.6 is 0 Å². The van der Waals surface area contributed by atoms with Gasteiger partial charge in [0.15, 0.2) is 0 Å². The van der Waals surface area contributed by atoms with Crippen LogP contribution in [0.2, 0.25) is 0 Å². The standard InChI is InChI=1S/C16H16N2O6S/c1-11(2)17-16(19)12-6-8-14(9-7-12)24-25(22,23)15-5-3-4-13(10-15)18(20)21/h3-11H,1-2H3,(H,17,19). The number of nitrogens with zero attached hydrogens (tertiary/aromatic N) is 1. The second-order valence-corrected chi connectivity index (χ2v) is 6.99. The summed E-state index contributed by atoms with van der Waals surface area (Å²) in [5.74, 6) is -0.296. The van der Waals surface area contributed by atoms with Gasteiger partial charge in [-0.2, -0.15) is 8.42 Å². The molecule has 2 aromatic carbocycles. The first kappa shape index (κ1) is 18.4. The molecule has 0 fully saturated rings. The van der Waals surface area contributed by atoms with Crippen molar-refractivity contribution in [2.24, 2.45) is 0 Å². The number of carbonyl (C=O) groups excluding carboxylic acids is 1. The minimum absolute atomic E-state index is 0.00685. The van der Waals surface area contributed by atoms with Crippen molar-refractivity contribution in [3.63, 3.8) is 0 Å². The van der Waals surface area contributed by atoms with Crippen LogP contribution in [0.1, 0.15) is 24.2 Å². The molecule has 0 unspecified atom stereocenters. The van der Waals surface area contributed by atoms with E-state index in [4.69, 9.17) is 4.18 Å². The highest BCUT2D eigenvalue weighted by Gasteiger charge is 2.20. The third-order valence-electron chi connectivity index (χ3n) is 3.06. The number of nitro groups is 1. The lowest BCUT2D eigenvalue weighted by molar-refractivity contribution is -0.385. The Balaban J connectivity index is 2.19. The Morgan fingerprint density at radius 3 is 2.36 bits per heavy atom. The van der Waals surface area contributed by atoms with Gasteiger partial charge < -0.3 is 9.50 Å². The molecule has 0 atom stereocenters. The fourth-order valence-corrected chi connectivity index (χ4v) is 2.91. The Hall–Kier alpha value is -2.94. The van der Waals surface area contributed by atoms with Gasteiger partial charge in [-0.25, -0.2) is 0 Å².